The SMILES string of the molecule is CC(C)N1CCC(N(C)C(=O)CC2CC3CCC(C2)N3)CC1. The van der Waals surface area contributed by atoms with Crippen LogP contribution in [-0.4, -0.2) is 60.0 Å². The highest BCUT2D eigenvalue weighted by Gasteiger charge is 2.35. The van der Waals surface area contributed by atoms with Crippen LogP contribution in [0.3, 0.4) is 0 Å². The van der Waals surface area contributed by atoms with E-state index in [1.54, 1.807) is 0 Å². The van der Waals surface area contributed by atoms with Gasteiger partial charge < -0.3 is 15.1 Å². The lowest BCUT2D eigenvalue weighted by Gasteiger charge is -2.39. The van der Waals surface area contributed by atoms with E-state index in [0.29, 0.717) is 36.0 Å². The number of amides is 1. The molecular formula is C18H33N3O. The monoisotopic (exact) mass is 307 g/mol. The Hall–Kier alpha value is -0.610. The molecule has 4 heteroatoms. The molecule has 22 heavy (non-hydrogen) atoms. The van der Waals surface area contributed by atoms with Crippen LogP contribution in [0.5, 0.6) is 0 Å². The van der Waals surface area contributed by atoms with Gasteiger partial charge in [0.1, 0.15) is 0 Å². The molecule has 3 fully saturated rings. The molecule has 2 atom stereocenters. The van der Waals surface area contributed by atoms with Gasteiger partial charge in [-0.05, 0) is 58.3 Å². The number of nitrogens with one attached hydrogen (secondary N) is 1. The minimum atomic E-state index is 0.384. The Bertz CT molecular complexity index is 378. The summed E-state index contributed by atoms with van der Waals surface area (Å²) in [6.45, 7) is 6.80. The van der Waals surface area contributed by atoms with Gasteiger partial charge in [0.15, 0.2) is 0 Å². The fraction of sp³-hybridized carbons (Fsp3) is 0.944. The van der Waals surface area contributed by atoms with Crippen LogP contribution >= 0.6 is 0 Å². The van der Waals surface area contributed by atoms with E-state index < -0.39 is 0 Å². The van der Waals surface area contributed by atoms with Crippen molar-refractivity contribution in [2.24, 2.45) is 5.92 Å². The Morgan fingerprint density at radius 1 is 1.14 bits per heavy atom. The molecule has 0 spiro atoms. The highest BCUT2D eigenvalue weighted by atomic mass is 16.2. The summed E-state index contributed by atoms with van der Waals surface area (Å²) in [6.07, 6.45) is 8.10. The number of nitrogens with zero attached hydrogens (tertiary/aromatic N) is 2. The molecule has 126 valence electrons. The quantitative estimate of drug-likeness (QED) is 0.865. The summed E-state index contributed by atoms with van der Waals surface area (Å²) < 4.78 is 0. The van der Waals surface area contributed by atoms with Crippen molar-refractivity contribution in [3.8, 4) is 0 Å². The first kappa shape index (κ1) is 16.3. The molecular weight excluding hydrogens is 274 g/mol. The summed E-state index contributed by atoms with van der Waals surface area (Å²) >= 11 is 0. The second kappa shape index (κ2) is 6.88. The van der Waals surface area contributed by atoms with Crippen LogP contribution < -0.4 is 5.32 Å². The van der Waals surface area contributed by atoms with Crippen LogP contribution in [-0.2, 0) is 4.79 Å². The fourth-order valence-electron chi connectivity index (χ4n) is 4.73. The molecule has 4 nitrogen and oxygen atoms in total. The minimum absolute atomic E-state index is 0.384. The molecule has 0 aromatic rings. The van der Waals surface area contributed by atoms with Gasteiger partial charge in [0, 0.05) is 50.7 Å². The largest absolute Gasteiger partial charge is 0.343 e. The van der Waals surface area contributed by atoms with Gasteiger partial charge in [0.25, 0.3) is 0 Å². The average Bonchev–Trinajstić information content (AvgIpc) is 2.85. The molecule has 2 unspecified atom stereocenters. The molecule has 0 aliphatic carbocycles. The molecule has 3 rings (SSSR count). The van der Waals surface area contributed by atoms with Gasteiger partial charge >= 0.3 is 0 Å². The van der Waals surface area contributed by atoms with Crippen LogP contribution in [0.15, 0.2) is 0 Å². The number of hydrogen-bond donors (Lipinski definition) is 1. The van der Waals surface area contributed by atoms with E-state index in [-0.39, 0.29) is 0 Å². The fourth-order valence-corrected chi connectivity index (χ4v) is 4.73. The normalized spacial score (nSPS) is 33.4. The highest BCUT2D eigenvalue weighted by molar-refractivity contribution is 5.76. The van der Waals surface area contributed by atoms with Gasteiger partial charge in [0.05, 0.1) is 0 Å². The lowest BCUT2D eigenvalue weighted by atomic mass is 9.89. The molecule has 2 bridgehead atoms. The van der Waals surface area contributed by atoms with Gasteiger partial charge in [0.2, 0.25) is 5.91 Å². The zero-order valence-corrected chi connectivity index (χ0v) is 14.6. The van der Waals surface area contributed by atoms with Crippen molar-refractivity contribution in [3.05, 3.63) is 0 Å². The molecule has 3 heterocycles. The second-order valence-corrected chi connectivity index (χ2v) is 8.04. The molecule has 0 saturated carbocycles. The summed E-state index contributed by atoms with van der Waals surface area (Å²) in [7, 11) is 2.04. The Morgan fingerprint density at radius 2 is 1.73 bits per heavy atom. The van der Waals surface area contributed by atoms with Crippen LogP contribution in [0.2, 0.25) is 0 Å². The number of hydrogen-bond acceptors (Lipinski definition) is 3. The number of rotatable bonds is 4. The minimum Gasteiger partial charge on any atom is -0.343 e. The van der Waals surface area contributed by atoms with E-state index >= 15 is 0 Å². The average molecular weight is 307 g/mol. The Balaban J connectivity index is 1.46. The molecule has 0 aromatic heterocycles. The van der Waals surface area contributed by atoms with Crippen molar-refractivity contribution >= 4 is 5.91 Å². The zero-order valence-electron chi connectivity index (χ0n) is 14.6. The van der Waals surface area contributed by atoms with Crippen LogP contribution in [0.4, 0.5) is 0 Å². The third kappa shape index (κ3) is 3.65. The van der Waals surface area contributed by atoms with Crippen molar-refractivity contribution in [1.29, 1.82) is 0 Å². The number of carbonyl (C=O) groups excluding carboxylic acids is 1. The summed E-state index contributed by atoms with van der Waals surface area (Å²) in [4.78, 5) is 17.2. The van der Waals surface area contributed by atoms with Crippen molar-refractivity contribution in [1.82, 2.24) is 15.1 Å². The molecule has 0 radical (unpaired) electrons. The van der Waals surface area contributed by atoms with Gasteiger partial charge in [-0.1, -0.05) is 0 Å². The van der Waals surface area contributed by atoms with E-state index in [4.69, 9.17) is 0 Å². The van der Waals surface area contributed by atoms with Gasteiger partial charge in [-0.2, -0.15) is 0 Å². The van der Waals surface area contributed by atoms with Gasteiger partial charge in [-0.3, -0.25) is 4.79 Å². The third-order valence-electron chi connectivity index (χ3n) is 6.20. The first-order valence-electron chi connectivity index (χ1n) is 9.28. The maximum Gasteiger partial charge on any atom is 0.222 e. The van der Waals surface area contributed by atoms with Gasteiger partial charge in [-0.25, -0.2) is 0 Å². The Kier molecular flexibility index (Phi) is 5.08. The van der Waals surface area contributed by atoms with Crippen LogP contribution in [0.25, 0.3) is 0 Å². The van der Waals surface area contributed by atoms with Crippen molar-refractivity contribution in [2.45, 2.75) is 83.0 Å². The van der Waals surface area contributed by atoms with Gasteiger partial charge in [-0.15, -0.1) is 0 Å². The predicted molar refractivity (Wildman–Crippen MR) is 89.8 cm³/mol. The predicted octanol–water partition coefficient (Wildman–Crippen LogP) is 2.24. The number of carbonyl (C=O) groups is 1. The topological polar surface area (TPSA) is 35.6 Å². The second-order valence-electron chi connectivity index (χ2n) is 8.04. The van der Waals surface area contributed by atoms with Crippen LogP contribution in [0, 0.1) is 5.92 Å². The van der Waals surface area contributed by atoms with E-state index in [2.05, 4.69) is 29.0 Å². The molecule has 1 amide bonds. The highest BCUT2D eigenvalue weighted by Crippen LogP contribution is 2.33. The van der Waals surface area contributed by atoms with Crippen molar-refractivity contribution in [3.63, 3.8) is 0 Å². The standard InChI is InChI=1S/C18H33N3O/c1-13(2)21-8-6-17(7-9-21)20(3)18(22)12-14-10-15-4-5-16(11-14)19-15/h13-17,19H,4-12H2,1-3H3. The molecule has 0 aromatic carbocycles. The maximum atomic E-state index is 12.7. The summed E-state index contributed by atoms with van der Waals surface area (Å²) in [6, 6.07) is 2.47. The van der Waals surface area contributed by atoms with E-state index in [0.717, 1.165) is 32.4 Å². The molecule has 3 aliphatic heterocycles. The van der Waals surface area contributed by atoms with E-state index in [1.165, 1.54) is 25.7 Å². The Labute approximate surface area is 135 Å². The first-order valence-corrected chi connectivity index (χ1v) is 9.28. The lowest BCUT2D eigenvalue weighted by Crippen LogP contribution is -2.48. The molecule has 1 N–H and O–H groups in total. The number of likely N-dealkylation sites (tertiary alicyclic amines) is 1. The molecule has 3 saturated heterocycles. The number of fused-ring (bicyclic) bond motifs is 2. The summed E-state index contributed by atoms with van der Waals surface area (Å²) in [5.41, 5.74) is 0. The summed E-state index contributed by atoms with van der Waals surface area (Å²) in [5.74, 6) is 0.999. The van der Waals surface area contributed by atoms with E-state index in [1.807, 2.05) is 7.05 Å². The third-order valence-corrected chi connectivity index (χ3v) is 6.20. The lowest BCUT2D eigenvalue weighted by molar-refractivity contribution is -0.134. The zero-order chi connectivity index (χ0) is 15.7. The van der Waals surface area contributed by atoms with Crippen molar-refractivity contribution in [2.75, 3.05) is 20.1 Å². The number of piperidine rings is 2. The molecule has 3 aliphatic rings. The maximum absolute atomic E-state index is 12.7. The summed E-state index contributed by atoms with van der Waals surface area (Å²) in [5, 5.41) is 3.67. The van der Waals surface area contributed by atoms with Crippen LogP contribution in [0.1, 0.15) is 58.8 Å². The smallest absolute Gasteiger partial charge is 0.222 e. The van der Waals surface area contributed by atoms with E-state index in [9.17, 15) is 4.79 Å². The van der Waals surface area contributed by atoms with Crippen molar-refractivity contribution < 1.29 is 4.79 Å². The first-order chi connectivity index (χ1) is 10.5. The Morgan fingerprint density at radius 3 is 2.27 bits per heavy atom.